The fourth-order valence-corrected chi connectivity index (χ4v) is 2.35. The van der Waals surface area contributed by atoms with E-state index in [9.17, 15) is 13.2 Å². The molecule has 1 aromatic carbocycles. The van der Waals surface area contributed by atoms with Crippen molar-refractivity contribution in [2.24, 2.45) is 0 Å². The van der Waals surface area contributed by atoms with Gasteiger partial charge in [-0.2, -0.15) is 8.42 Å². The lowest BCUT2D eigenvalue weighted by molar-refractivity contribution is -0.139. The van der Waals surface area contributed by atoms with Gasteiger partial charge in [-0.05, 0) is 44.0 Å². The second-order valence-electron chi connectivity index (χ2n) is 4.96. The Balaban J connectivity index is 0.000000922. The molecule has 1 N–H and O–H groups in total. The Bertz CT molecular complexity index is 591. The first kappa shape index (κ1) is 22.8. The number of ether oxygens (including phenoxy) is 2. The maximum Gasteiger partial charge on any atom is 0.316 e. The summed E-state index contributed by atoms with van der Waals surface area (Å²) in [5.41, 5.74) is 1.13. The minimum absolute atomic E-state index is 0.171. The van der Waals surface area contributed by atoms with E-state index >= 15 is 0 Å². The zero-order valence-corrected chi connectivity index (χ0v) is 16.2. The molecule has 8 heteroatoms. The smallest absolute Gasteiger partial charge is 0.316 e. The first-order valence-electron chi connectivity index (χ1n) is 7.61. The zero-order chi connectivity index (χ0) is 18.6. The van der Waals surface area contributed by atoms with Crippen LogP contribution < -0.4 is 4.74 Å². The van der Waals surface area contributed by atoms with Crippen LogP contribution in [-0.2, 0) is 19.6 Å². The molecule has 0 aliphatic heterocycles. The second kappa shape index (κ2) is 12.2. The Kier molecular flexibility index (Phi) is 11.5. The van der Waals surface area contributed by atoms with Crippen molar-refractivity contribution in [3.8, 4) is 5.75 Å². The summed E-state index contributed by atoms with van der Waals surface area (Å²) in [7, 11) is -3.67. The van der Waals surface area contributed by atoms with Crippen molar-refractivity contribution in [1.82, 2.24) is 0 Å². The van der Waals surface area contributed by atoms with E-state index in [0.717, 1.165) is 35.7 Å². The summed E-state index contributed by atoms with van der Waals surface area (Å²) in [5, 5.41) is 0. The van der Waals surface area contributed by atoms with E-state index in [1.165, 1.54) is 11.8 Å². The van der Waals surface area contributed by atoms with Crippen molar-refractivity contribution in [1.29, 1.82) is 0 Å². The van der Waals surface area contributed by atoms with Crippen LogP contribution in [-0.4, -0.2) is 44.2 Å². The Hall–Kier alpha value is -1.25. The van der Waals surface area contributed by atoms with Gasteiger partial charge in [-0.3, -0.25) is 9.35 Å². The quantitative estimate of drug-likeness (QED) is 0.321. The number of carbonyl (C=O) groups excluding carboxylic acids is 1. The van der Waals surface area contributed by atoms with Gasteiger partial charge in [0.15, 0.2) is 0 Å². The normalized spacial score (nSPS) is 10.5. The van der Waals surface area contributed by atoms with E-state index < -0.39 is 10.1 Å². The van der Waals surface area contributed by atoms with Crippen LogP contribution in [0.1, 0.15) is 32.3 Å². The molecule has 0 atom stereocenters. The van der Waals surface area contributed by atoms with E-state index in [4.69, 9.17) is 14.0 Å². The molecule has 0 radical (unpaired) electrons. The molecule has 1 aromatic rings. The molecule has 138 valence electrons. The molecule has 0 saturated carbocycles. The Morgan fingerprint density at radius 3 is 2.42 bits per heavy atom. The van der Waals surface area contributed by atoms with Crippen LogP contribution in [0.15, 0.2) is 23.1 Å². The highest BCUT2D eigenvalue weighted by Crippen LogP contribution is 2.26. The summed E-state index contributed by atoms with van der Waals surface area (Å²) in [6.07, 6.45) is 2.91. The van der Waals surface area contributed by atoms with Crippen molar-refractivity contribution in [2.75, 3.05) is 25.2 Å². The lowest BCUT2D eigenvalue weighted by Crippen LogP contribution is -2.06. The van der Waals surface area contributed by atoms with E-state index in [1.54, 1.807) is 0 Å². The van der Waals surface area contributed by atoms with Gasteiger partial charge >= 0.3 is 5.97 Å². The van der Waals surface area contributed by atoms with Gasteiger partial charge in [-0.1, -0.05) is 13.3 Å². The van der Waals surface area contributed by atoms with E-state index in [-0.39, 0.29) is 5.97 Å². The number of carbonyl (C=O) groups is 1. The molecular weight excluding hydrogens is 352 g/mol. The van der Waals surface area contributed by atoms with Gasteiger partial charge in [0.2, 0.25) is 0 Å². The highest BCUT2D eigenvalue weighted by atomic mass is 32.2. The Morgan fingerprint density at radius 1 is 1.29 bits per heavy atom. The average molecular weight is 379 g/mol. The van der Waals surface area contributed by atoms with Crippen molar-refractivity contribution >= 4 is 27.8 Å². The second-order valence-corrected chi connectivity index (χ2v) is 7.44. The van der Waals surface area contributed by atoms with Gasteiger partial charge in [0, 0.05) is 4.90 Å². The molecule has 0 aromatic heterocycles. The summed E-state index contributed by atoms with van der Waals surface area (Å²) in [6.45, 7) is 7.17. The number of unbranched alkanes of at least 4 members (excludes halogenated alkanes) is 1. The summed E-state index contributed by atoms with van der Waals surface area (Å²) in [5.74, 6) is 1.08. The summed E-state index contributed by atoms with van der Waals surface area (Å²) in [4.78, 5) is 12.4. The molecule has 0 aliphatic rings. The maximum atomic E-state index is 11.3. The Morgan fingerprint density at radius 2 is 1.92 bits per heavy atom. The van der Waals surface area contributed by atoms with Crippen molar-refractivity contribution in [3.05, 3.63) is 23.8 Å². The predicted octanol–water partition coefficient (Wildman–Crippen LogP) is 3.33. The molecule has 0 heterocycles. The van der Waals surface area contributed by atoms with Gasteiger partial charge < -0.3 is 9.47 Å². The van der Waals surface area contributed by atoms with Crippen LogP contribution in [0.4, 0.5) is 0 Å². The van der Waals surface area contributed by atoms with Gasteiger partial charge in [0.25, 0.3) is 10.1 Å². The standard InChI is InChI=1S/C15H22O3S.CH4O3S/c1-4-6-9-18-13-7-8-14(12(3)10-13)19-11-15(16)17-5-2;1-5(2,3)4/h7-8,10H,4-6,9,11H2,1-3H3;1H3,(H,2,3,4). The van der Waals surface area contributed by atoms with Crippen LogP contribution in [0.5, 0.6) is 5.75 Å². The third kappa shape index (κ3) is 13.2. The minimum atomic E-state index is -3.67. The molecule has 0 saturated heterocycles. The molecule has 24 heavy (non-hydrogen) atoms. The zero-order valence-electron chi connectivity index (χ0n) is 14.6. The first-order valence-corrected chi connectivity index (χ1v) is 10.4. The van der Waals surface area contributed by atoms with Crippen molar-refractivity contribution < 1.29 is 27.2 Å². The van der Waals surface area contributed by atoms with Crippen LogP contribution in [0.2, 0.25) is 0 Å². The number of aryl methyl sites for hydroxylation is 1. The third-order valence-electron chi connectivity index (χ3n) is 2.56. The van der Waals surface area contributed by atoms with Gasteiger partial charge in [0.1, 0.15) is 5.75 Å². The number of hydrogen-bond donors (Lipinski definition) is 1. The van der Waals surface area contributed by atoms with E-state index in [2.05, 4.69) is 6.92 Å². The van der Waals surface area contributed by atoms with Gasteiger partial charge in [-0.15, -0.1) is 11.8 Å². The highest BCUT2D eigenvalue weighted by Gasteiger charge is 2.06. The highest BCUT2D eigenvalue weighted by molar-refractivity contribution is 8.00. The molecule has 0 bridgehead atoms. The first-order chi connectivity index (χ1) is 11.2. The van der Waals surface area contributed by atoms with Crippen LogP contribution >= 0.6 is 11.8 Å². The molecule has 1 rings (SSSR count). The fraction of sp³-hybridized carbons (Fsp3) is 0.562. The monoisotopic (exact) mass is 378 g/mol. The average Bonchev–Trinajstić information content (AvgIpc) is 2.45. The maximum absolute atomic E-state index is 11.3. The molecule has 6 nitrogen and oxygen atoms in total. The number of esters is 1. The molecule has 0 amide bonds. The lowest BCUT2D eigenvalue weighted by atomic mass is 10.2. The summed E-state index contributed by atoms with van der Waals surface area (Å²) >= 11 is 1.50. The van der Waals surface area contributed by atoms with E-state index in [1.807, 2.05) is 32.0 Å². The third-order valence-corrected chi connectivity index (χ3v) is 3.71. The summed E-state index contributed by atoms with van der Waals surface area (Å²) < 4.78 is 36.4. The van der Waals surface area contributed by atoms with Crippen LogP contribution in [0.25, 0.3) is 0 Å². The fourth-order valence-electron chi connectivity index (χ4n) is 1.55. The number of benzene rings is 1. The molecule has 0 fully saturated rings. The van der Waals surface area contributed by atoms with Gasteiger partial charge in [-0.25, -0.2) is 0 Å². The SMILES string of the molecule is CCCCOc1ccc(SCC(=O)OCC)c(C)c1.CS(=O)(=O)O. The topological polar surface area (TPSA) is 89.9 Å². The van der Waals surface area contributed by atoms with Crippen LogP contribution in [0, 0.1) is 6.92 Å². The summed E-state index contributed by atoms with van der Waals surface area (Å²) in [6, 6.07) is 5.97. The number of thioether (sulfide) groups is 1. The molecule has 0 unspecified atom stereocenters. The molecule has 0 spiro atoms. The molecule has 0 aliphatic carbocycles. The number of hydrogen-bond acceptors (Lipinski definition) is 6. The van der Waals surface area contributed by atoms with Gasteiger partial charge in [0.05, 0.1) is 25.2 Å². The van der Waals surface area contributed by atoms with Crippen molar-refractivity contribution in [3.63, 3.8) is 0 Å². The predicted molar refractivity (Wildman–Crippen MR) is 96.4 cm³/mol. The Labute approximate surface area is 148 Å². The van der Waals surface area contributed by atoms with E-state index in [0.29, 0.717) is 18.6 Å². The van der Waals surface area contributed by atoms with Crippen LogP contribution in [0.3, 0.4) is 0 Å². The van der Waals surface area contributed by atoms with Crippen molar-refractivity contribution in [2.45, 2.75) is 38.5 Å². The lowest BCUT2D eigenvalue weighted by Gasteiger charge is -2.09. The number of rotatable bonds is 8. The molecular formula is C16H26O6S2. The minimum Gasteiger partial charge on any atom is -0.494 e. The largest absolute Gasteiger partial charge is 0.494 e.